The van der Waals surface area contributed by atoms with Gasteiger partial charge in [0.1, 0.15) is 0 Å². The van der Waals surface area contributed by atoms with Crippen LogP contribution in [-0.2, 0) is 35.9 Å². The predicted octanol–water partition coefficient (Wildman–Crippen LogP) is 2.97. The Labute approximate surface area is 218 Å². The fourth-order valence-corrected chi connectivity index (χ4v) is 7.42. The maximum atomic E-state index is 13.7. The van der Waals surface area contributed by atoms with Crippen LogP contribution in [0, 0.1) is 0 Å². The van der Waals surface area contributed by atoms with Crippen molar-refractivity contribution in [2.45, 2.75) is 55.2 Å². The zero-order valence-corrected chi connectivity index (χ0v) is 22.9. The molecule has 0 spiro atoms. The Hall–Kier alpha value is -2.77. The molecule has 12 heteroatoms. The molecule has 196 valence electrons. The summed E-state index contributed by atoms with van der Waals surface area (Å²) in [6.07, 6.45) is 1.51. The van der Waals surface area contributed by atoms with Gasteiger partial charge < -0.3 is 14.0 Å². The lowest BCUT2D eigenvalue weighted by atomic mass is 9.79. The minimum Gasteiger partial charge on any atom is -0.481 e. The van der Waals surface area contributed by atoms with E-state index < -0.39 is 44.9 Å². The minimum atomic E-state index is -4.50. The summed E-state index contributed by atoms with van der Waals surface area (Å²) in [4.78, 5) is 3.97. The average molecular weight is 544 g/mol. The van der Waals surface area contributed by atoms with Crippen molar-refractivity contribution in [2.24, 2.45) is 0 Å². The molecule has 0 bridgehead atoms. The third kappa shape index (κ3) is 5.16. The second kappa shape index (κ2) is 9.84. The molecule has 1 aliphatic rings. The molecule has 0 aliphatic carbocycles. The van der Waals surface area contributed by atoms with Gasteiger partial charge >= 0.3 is 7.12 Å². The summed E-state index contributed by atoms with van der Waals surface area (Å²) >= 11 is 0. The van der Waals surface area contributed by atoms with Gasteiger partial charge in [-0.1, -0.05) is 46.2 Å². The van der Waals surface area contributed by atoms with Crippen LogP contribution in [0.25, 0.3) is 0 Å². The highest BCUT2D eigenvalue weighted by Gasteiger charge is 2.52. The van der Waals surface area contributed by atoms with E-state index in [9.17, 15) is 16.8 Å². The minimum absolute atomic E-state index is 0.0804. The first-order valence-electron chi connectivity index (χ1n) is 11.6. The van der Waals surface area contributed by atoms with E-state index in [-0.39, 0.29) is 21.2 Å². The van der Waals surface area contributed by atoms with Crippen LogP contribution < -0.4 is 10.2 Å². The zero-order chi connectivity index (χ0) is 27.1. The predicted molar refractivity (Wildman–Crippen MR) is 139 cm³/mol. The number of pyridine rings is 1. The van der Waals surface area contributed by atoms with Crippen molar-refractivity contribution in [1.29, 1.82) is 0 Å². The lowest BCUT2D eigenvalue weighted by Gasteiger charge is -2.32. The molecule has 0 atom stereocenters. The fraction of sp³-hybridized carbons (Fsp3) is 0.320. The second-order valence-corrected chi connectivity index (χ2v) is 13.5. The van der Waals surface area contributed by atoms with Gasteiger partial charge in [-0.25, -0.2) is 21.8 Å². The van der Waals surface area contributed by atoms with E-state index >= 15 is 0 Å². The second-order valence-electron chi connectivity index (χ2n) is 9.59. The highest BCUT2D eigenvalue weighted by atomic mass is 32.3. The normalized spacial score (nSPS) is 17.2. The highest BCUT2D eigenvalue weighted by Crippen LogP contribution is 2.37. The molecule has 9 nitrogen and oxygen atoms in total. The van der Waals surface area contributed by atoms with E-state index in [0.717, 1.165) is 0 Å². The molecule has 0 N–H and O–H groups in total. The van der Waals surface area contributed by atoms with Gasteiger partial charge in [-0.3, -0.25) is 0 Å². The van der Waals surface area contributed by atoms with Crippen molar-refractivity contribution < 1.29 is 30.9 Å². The molecule has 4 rings (SSSR count). The molecule has 2 aromatic carbocycles. The lowest BCUT2D eigenvalue weighted by Crippen LogP contribution is -2.41. The Morgan fingerprint density at radius 2 is 1.30 bits per heavy atom. The zero-order valence-electron chi connectivity index (χ0n) is 21.3. The maximum absolute atomic E-state index is 13.7. The number of aromatic nitrogens is 1. The maximum Gasteiger partial charge on any atom is 0.496 e. The Balaban J connectivity index is 1.82. The summed E-state index contributed by atoms with van der Waals surface area (Å²) in [6, 6.07) is 16.4. The van der Waals surface area contributed by atoms with Crippen LogP contribution in [0.1, 0.15) is 33.3 Å². The summed E-state index contributed by atoms with van der Waals surface area (Å²) in [5, 5.41) is 0. The summed E-state index contributed by atoms with van der Waals surface area (Å²) in [6.45, 7) is 7.08. The van der Waals surface area contributed by atoms with Crippen molar-refractivity contribution >= 4 is 32.6 Å². The molecule has 1 fully saturated rings. The Kier molecular flexibility index (Phi) is 7.26. The topological polar surface area (TPSA) is 112 Å². The molecule has 2 heterocycles. The quantitative estimate of drug-likeness (QED) is 0.398. The van der Waals surface area contributed by atoms with Gasteiger partial charge in [-0.05, 0) is 52.0 Å². The Bertz CT molecular complexity index is 1390. The molecular weight excluding hydrogens is 515 g/mol. The monoisotopic (exact) mass is 544 g/mol. The average Bonchev–Trinajstić information content (AvgIpc) is 3.09. The first kappa shape index (κ1) is 27.3. The third-order valence-electron chi connectivity index (χ3n) is 6.58. The van der Waals surface area contributed by atoms with Gasteiger partial charge in [-0.15, -0.1) is 0 Å². The fourth-order valence-electron chi connectivity index (χ4n) is 3.78. The molecular formula is C25H29BN2O7S2. The number of benzene rings is 2. The van der Waals surface area contributed by atoms with Crippen molar-refractivity contribution in [1.82, 2.24) is 8.69 Å². The Morgan fingerprint density at radius 3 is 1.73 bits per heavy atom. The number of sulfonamides is 2. The van der Waals surface area contributed by atoms with Gasteiger partial charge in [0.15, 0.2) is 0 Å². The van der Waals surface area contributed by atoms with Gasteiger partial charge in [0.2, 0.25) is 5.88 Å². The van der Waals surface area contributed by atoms with Crippen LogP contribution >= 0.6 is 0 Å². The molecule has 1 saturated heterocycles. The number of nitrogens with zero attached hydrogens (tertiary/aromatic N) is 2. The molecule has 0 saturated carbocycles. The number of rotatable bonds is 8. The van der Waals surface area contributed by atoms with E-state index in [1.165, 1.54) is 61.8 Å². The number of hydrogen-bond donors (Lipinski definition) is 0. The van der Waals surface area contributed by atoms with Gasteiger partial charge in [0.25, 0.3) is 20.0 Å². The van der Waals surface area contributed by atoms with Gasteiger partial charge in [-0.2, -0.15) is 0 Å². The Morgan fingerprint density at radius 1 is 0.838 bits per heavy atom. The molecule has 1 aromatic heterocycles. The smallest absolute Gasteiger partial charge is 0.481 e. The number of hydrogen-bond acceptors (Lipinski definition) is 8. The number of ether oxygens (including phenoxy) is 1. The SMILES string of the molecule is COc1ncc(B2OC(C)(C)C(C)(C)O2)cc1CN(S(=O)(=O)c1ccccc1)S(=O)(=O)c1ccccc1. The summed E-state index contributed by atoms with van der Waals surface area (Å²) < 4.78 is 72.9. The van der Waals surface area contributed by atoms with Crippen molar-refractivity contribution in [3.63, 3.8) is 0 Å². The molecule has 1 aliphatic heterocycles. The van der Waals surface area contributed by atoms with E-state index in [0.29, 0.717) is 9.17 Å². The molecule has 0 radical (unpaired) electrons. The van der Waals surface area contributed by atoms with Gasteiger partial charge in [0, 0.05) is 17.2 Å². The standard InChI is InChI=1S/C25H29BN2O7S2/c1-24(2)25(3,4)35-26(34-24)20-16-19(23(33-5)27-17-20)18-28(36(29,30)21-12-8-6-9-13-21)37(31,32)22-14-10-7-11-15-22/h6-17H,18H2,1-5H3. The van der Waals surface area contributed by atoms with E-state index in [2.05, 4.69) is 4.98 Å². The van der Waals surface area contributed by atoms with Crippen LogP contribution in [0.15, 0.2) is 82.7 Å². The summed E-state index contributed by atoms with van der Waals surface area (Å²) in [5.74, 6) is 0.0804. The molecule has 0 unspecified atom stereocenters. The molecule has 3 aromatic rings. The lowest BCUT2D eigenvalue weighted by molar-refractivity contribution is 0.00578. The van der Waals surface area contributed by atoms with Crippen LogP contribution in [-0.4, -0.2) is 51.0 Å². The highest BCUT2D eigenvalue weighted by molar-refractivity contribution is 8.04. The van der Waals surface area contributed by atoms with Gasteiger partial charge in [0.05, 0.1) is 34.6 Å². The van der Waals surface area contributed by atoms with Crippen molar-refractivity contribution in [2.75, 3.05) is 7.11 Å². The summed E-state index contributed by atoms with van der Waals surface area (Å²) in [5.41, 5.74) is -0.494. The first-order chi connectivity index (χ1) is 17.3. The third-order valence-corrected chi connectivity index (χ3v) is 10.8. The van der Waals surface area contributed by atoms with Crippen LogP contribution in [0.2, 0.25) is 0 Å². The molecule has 0 amide bonds. The largest absolute Gasteiger partial charge is 0.496 e. The van der Waals surface area contributed by atoms with Crippen LogP contribution in [0.5, 0.6) is 5.88 Å². The van der Waals surface area contributed by atoms with Crippen LogP contribution in [0.3, 0.4) is 0 Å². The van der Waals surface area contributed by atoms with Crippen LogP contribution in [0.4, 0.5) is 0 Å². The van der Waals surface area contributed by atoms with E-state index in [1.807, 2.05) is 27.7 Å². The molecule has 37 heavy (non-hydrogen) atoms. The van der Waals surface area contributed by atoms with Crippen molar-refractivity contribution in [3.8, 4) is 5.88 Å². The first-order valence-corrected chi connectivity index (χ1v) is 14.4. The number of methoxy groups -OCH3 is 1. The summed E-state index contributed by atoms with van der Waals surface area (Å²) in [7, 11) is -8.41. The van der Waals surface area contributed by atoms with Crippen molar-refractivity contribution in [3.05, 3.63) is 78.5 Å². The van der Waals surface area contributed by atoms with E-state index in [1.54, 1.807) is 18.2 Å². The van der Waals surface area contributed by atoms with E-state index in [4.69, 9.17) is 14.0 Å².